The van der Waals surface area contributed by atoms with Crippen molar-refractivity contribution in [3.63, 3.8) is 0 Å². The van der Waals surface area contributed by atoms with Crippen LogP contribution in [-0.4, -0.2) is 15.4 Å². The van der Waals surface area contributed by atoms with Crippen molar-refractivity contribution in [1.29, 1.82) is 0 Å². The summed E-state index contributed by atoms with van der Waals surface area (Å²) < 4.78 is 11.9. The first-order chi connectivity index (χ1) is 9.38. The van der Waals surface area contributed by atoms with E-state index in [4.69, 9.17) is 0 Å². The molecule has 0 fully saturated rings. The Morgan fingerprint density at radius 3 is 1.95 bits per heavy atom. The van der Waals surface area contributed by atoms with E-state index in [0.717, 1.165) is 38.5 Å². The van der Waals surface area contributed by atoms with Crippen molar-refractivity contribution < 1.29 is 14.4 Å². The van der Waals surface area contributed by atoms with Gasteiger partial charge in [0.1, 0.15) is 0 Å². The third kappa shape index (κ3) is 7.81. The fraction of sp³-hybridized carbons (Fsp3) is 1.00. The number of hydrogen-bond donors (Lipinski definition) is 2. The molecule has 3 nitrogen and oxygen atoms in total. The van der Waals surface area contributed by atoms with Crippen LogP contribution in [-0.2, 0) is 4.57 Å². The Morgan fingerprint density at radius 1 is 0.900 bits per heavy atom. The van der Waals surface area contributed by atoms with Gasteiger partial charge in [-0.3, -0.25) is 4.57 Å². The molecular weight excluding hydrogens is 271 g/mol. The van der Waals surface area contributed by atoms with Crippen LogP contribution in [0.25, 0.3) is 0 Å². The minimum atomic E-state index is -4.00. The first-order valence-electron chi connectivity index (χ1n) is 8.43. The minimum absolute atomic E-state index is 0.120. The Kier molecular flexibility index (Phi) is 10.9. The van der Waals surface area contributed by atoms with Crippen LogP contribution in [0.5, 0.6) is 0 Å². The van der Waals surface area contributed by atoms with Crippen LogP contribution < -0.4 is 0 Å². The van der Waals surface area contributed by atoms with Crippen molar-refractivity contribution in [1.82, 2.24) is 0 Å². The predicted molar refractivity (Wildman–Crippen MR) is 87.1 cm³/mol. The molecule has 0 aliphatic rings. The van der Waals surface area contributed by atoms with Crippen molar-refractivity contribution in [2.45, 2.75) is 91.1 Å². The monoisotopic (exact) mass is 306 g/mol. The molecule has 0 saturated heterocycles. The van der Waals surface area contributed by atoms with Crippen molar-refractivity contribution >= 4 is 7.60 Å². The first-order valence-corrected chi connectivity index (χ1v) is 10.1. The van der Waals surface area contributed by atoms with Crippen LogP contribution in [0.4, 0.5) is 0 Å². The molecule has 0 heterocycles. The maximum atomic E-state index is 11.9. The van der Waals surface area contributed by atoms with Gasteiger partial charge in [-0.2, -0.15) is 0 Å². The maximum absolute atomic E-state index is 11.9. The van der Waals surface area contributed by atoms with Crippen molar-refractivity contribution in [3.8, 4) is 0 Å². The van der Waals surface area contributed by atoms with E-state index in [2.05, 4.69) is 20.8 Å². The summed E-state index contributed by atoms with van der Waals surface area (Å²) in [6, 6.07) is 0. The summed E-state index contributed by atoms with van der Waals surface area (Å²) in [5.41, 5.74) is -0.444. The van der Waals surface area contributed by atoms with E-state index in [1.807, 2.05) is 6.92 Å². The van der Waals surface area contributed by atoms with Crippen LogP contribution in [0.15, 0.2) is 0 Å². The van der Waals surface area contributed by atoms with Crippen LogP contribution in [0.1, 0.15) is 85.5 Å². The molecule has 0 aliphatic carbocycles. The molecule has 0 aliphatic heterocycles. The van der Waals surface area contributed by atoms with Gasteiger partial charge in [-0.1, -0.05) is 72.6 Å². The average molecular weight is 306 g/mol. The van der Waals surface area contributed by atoms with Gasteiger partial charge in [-0.15, -0.1) is 0 Å². The van der Waals surface area contributed by atoms with Gasteiger partial charge in [0, 0.05) is 0 Å². The lowest BCUT2D eigenvalue weighted by Crippen LogP contribution is -2.28. The van der Waals surface area contributed by atoms with Gasteiger partial charge >= 0.3 is 7.60 Å². The lowest BCUT2D eigenvalue weighted by atomic mass is 9.86. The van der Waals surface area contributed by atoms with Gasteiger partial charge in [0.05, 0.1) is 5.66 Å². The number of unbranched alkanes of at least 4 members (excludes halogenated alkanes) is 4. The summed E-state index contributed by atoms with van der Waals surface area (Å²) >= 11 is 0. The number of hydrogen-bond acceptors (Lipinski definition) is 1. The molecule has 3 unspecified atom stereocenters. The molecule has 0 aromatic carbocycles. The molecule has 0 radical (unpaired) electrons. The van der Waals surface area contributed by atoms with E-state index in [-0.39, 0.29) is 11.8 Å². The minimum Gasteiger partial charge on any atom is -0.324 e. The van der Waals surface area contributed by atoms with Crippen LogP contribution in [0, 0.1) is 11.8 Å². The predicted octanol–water partition coefficient (Wildman–Crippen LogP) is 5.36. The smallest absolute Gasteiger partial charge is 0.324 e. The quantitative estimate of drug-likeness (QED) is 0.377. The normalized spacial score (nSPS) is 16.9. The zero-order valence-corrected chi connectivity index (χ0v) is 14.7. The SMILES string of the molecule is CCCCCCC(C)C(C(CC)CCCC)P(=O)(O)O. The summed E-state index contributed by atoms with van der Waals surface area (Å²) in [5, 5.41) is 0. The van der Waals surface area contributed by atoms with Crippen LogP contribution in [0.2, 0.25) is 0 Å². The second kappa shape index (κ2) is 10.8. The molecule has 0 bridgehead atoms. The lowest BCUT2D eigenvalue weighted by molar-refractivity contribution is 0.271. The van der Waals surface area contributed by atoms with Gasteiger partial charge in [0.25, 0.3) is 0 Å². The summed E-state index contributed by atoms with van der Waals surface area (Å²) in [5.74, 6) is 0.284. The zero-order chi connectivity index (χ0) is 15.6. The van der Waals surface area contributed by atoms with Crippen molar-refractivity contribution in [2.24, 2.45) is 11.8 Å². The molecular formula is C16H35O3P. The van der Waals surface area contributed by atoms with Crippen molar-refractivity contribution in [3.05, 3.63) is 0 Å². The molecule has 3 atom stereocenters. The Labute approximate surface area is 125 Å². The second-order valence-corrected chi connectivity index (χ2v) is 7.99. The summed E-state index contributed by atoms with van der Waals surface area (Å²) in [6.07, 6.45) is 9.61. The number of rotatable bonds is 12. The highest BCUT2D eigenvalue weighted by atomic mass is 31.2. The fourth-order valence-electron chi connectivity index (χ4n) is 3.22. The molecule has 0 aromatic rings. The Hall–Kier alpha value is 0.150. The van der Waals surface area contributed by atoms with E-state index >= 15 is 0 Å². The first kappa shape index (κ1) is 20.1. The topological polar surface area (TPSA) is 57.5 Å². The van der Waals surface area contributed by atoms with E-state index < -0.39 is 13.3 Å². The van der Waals surface area contributed by atoms with Gasteiger partial charge < -0.3 is 9.79 Å². The fourth-order valence-corrected chi connectivity index (χ4v) is 4.94. The highest BCUT2D eigenvalue weighted by Crippen LogP contribution is 2.51. The summed E-state index contributed by atoms with van der Waals surface area (Å²) in [4.78, 5) is 19.5. The third-order valence-electron chi connectivity index (χ3n) is 4.42. The van der Waals surface area contributed by atoms with Gasteiger partial charge in [0.15, 0.2) is 0 Å². The van der Waals surface area contributed by atoms with E-state index in [1.54, 1.807) is 0 Å². The van der Waals surface area contributed by atoms with E-state index in [1.165, 1.54) is 19.3 Å². The Bertz CT molecular complexity index is 275. The average Bonchev–Trinajstić information content (AvgIpc) is 2.37. The summed E-state index contributed by atoms with van der Waals surface area (Å²) in [6.45, 7) is 8.41. The molecule has 0 saturated carbocycles. The molecule has 0 amide bonds. The molecule has 0 aromatic heterocycles. The lowest BCUT2D eigenvalue weighted by Gasteiger charge is -2.32. The van der Waals surface area contributed by atoms with Crippen LogP contribution >= 0.6 is 7.60 Å². The van der Waals surface area contributed by atoms with Crippen LogP contribution in [0.3, 0.4) is 0 Å². The molecule has 0 rings (SSSR count). The van der Waals surface area contributed by atoms with E-state index in [0.29, 0.717) is 0 Å². The Morgan fingerprint density at radius 2 is 1.50 bits per heavy atom. The molecule has 20 heavy (non-hydrogen) atoms. The standard InChI is InChI=1S/C16H35O3P/c1-5-8-10-11-12-14(4)16(20(17,18)19)15(7-3)13-9-6-2/h14-16H,5-13H2,1-4H3,(H2,17,18,19). The summed E-state index contributed by atoms with van der Waals surface area (Å²) in [7, 11) is -4.00. The van der Waals surface area contributed by atoms with Crippen molar-refractivity contribution in [2.75, 3.05) is 0 Å². The highest BCUT2D eigenvalue weighted by Gasteiger charge is 2.38. The van der Waals surface area contributed by atoms with Gasteiger partial charge in [-0.25, -0.2) is 0 Å². The van der Waals surface area contributed by atoms with Gasteiger partial charge in [0.2, 0.25) is 0 Å². The van der Waals surface area contributed by atoms with E-state index in [9.17, 15) is 14.4 Å². The second-order valence-electron chi connectivity index (χ2n) is 6.22. The highest BCUT2D eigenvalue weighted by molar-refractivity contribution is 7.52. The third-order valence-corrected chi connectivity index (χ3v) is 6.13. The zero-order valence-electron chi connectivity index (χ0n) is 13.8. The van der Waals surface area contributed by atoms with Gasteiger partial charge in [-0.05, 0) is 24.7 Å². The maximum Gasteiger partial charge on any atom is 0.329 e. The largest absolute Gasteiger partial charge is 0.329 e. The molecule has 0 spiro atoms. The Balaban J connectivity index is 4.64. The molecule has 122 valence electrons. The molecule has 2 N–H and O–H groups in total. The molecule has 4 heteroatoms.